The van der Waals surface area contributed by atoms with Crippen molar-refractivity contribution in [3.8, 4) is 5.75 Å². The Bertz CT molecular complexity index is 979. The Morgan fingerprint density at radius 1 is 1.27 bits per heavy atom. The molecule has 0 bridgehead atoms. The van der Waals surface area contributed by atoms with Gasteiger partial charge in [-0.1, -0.05) is 0 Å². The highest BCUT2D eigenvalue weighted by atomic mass is 19.1. The van der Waals surface area contributed by atoms with Crippen LogP contribution in [0.15, 0.2) is 41.5 Å². The lowest BCUT2D eigenvalue weighted by Crippen LogP contribution is -2.06. The van der Waals surface area contributed by atoms with Crippen LogP contribution < -0.4 is 10.1 Å². The molecule has 0 spiro atoms. The molecule has 3 heterocycles. The second-order valence-corrected chi connectivity index (χ2v) is 6.55. The number of nitrogens with one attached hydrogen (secondary N) is 1. The zero-order chi connectivity index (χ0) is 18.1. The average molecular weight is 352 g/mol. The summed E-state index contributed by atoms with van der Waals surface area (Å²) in [7, 11) is 3.46. The van der Waals surface area contributed by atoms with E-state index in [1.54, 1.807) is 12.1 Å². The maximum absolute atomic E-state index is 13.9. The van der Waals surface area contributed by atoms with Gasteiger partial charge in [-0.15, -0.1) is 0 Å². The number of ether oxygens (including phenoxy) is 1. The molecule has 1 N–H and O–H groups in total. The van der Waals surface area contributed by atoms with E-state index < -0.39 is 5.82 Å². The summed E-state index contributed by atoms with van der Waals surface area (Å²) in [6.45, 7) is 0.886. The van der Waals surface area contributed by atoms with Crippen molar-refractivity contribution in [2.75, 3.05) is 19.0 Å². The normalized spacial score (nSPS) is 16.8. The largest absolute Gasteiger partial charge is 0.494 e. The van der Waals surface area contributed by atoms with Gasteiger partial charge in [0.15, 0.2) is 11.6 Å². The van der Waals surface area contributed by atoms with E-state index in [1.165, 1.54) is 24.1 Å². The molecule has 1 aliphatic rings. The van der Waals surface area contributed by atoms with E-state index in [0.29, 0.717) is 17.4 Å². The minimum absolute atomic E-state index is 0.224. The van der Waals surface area contributed by atoms with Crippen LogP contribution in [0.2, 0.25) is 0 Å². The van der Waals surface area contributed by atoms with Crippen LogP contribution in [-0.2, 0) is 7.05 Å². The summed E-state index contributed by atoms with van der Waals surface area (Å²) < 4.78 is 20.9. The van der Waals surface area contributed by atoms with Crippen LogP contribution in [0.5, 0.6) is 5.75 Å². The molecule has 1 atom stereocenters. The van der Waals surface area contributed by atoms with Gasteiger partial charge in [0, 0.05) is 36.9 Å². The number of aryl methyl sites for hydroxylation is 1. The van der Waals surface area contributed by atoms with Crippen LogP contribution in [0.25, 0.3) is 11.0 Å². The summed E-state index contributed by atoms with van der Waals surface area (Å²) in [5, 5.41) is 4.33. The van der Waals surface area contributed by atoms with Gasteiger partial charge in [-0.3, -0.25) is 4.99 Å². The number of methoxy groups -OCH3 is 1. The highest BCUT2D eigenvalue weighted by Gasteiger charge is 2.19. The van der Waals surface area contributed by atoms with Crippen molar-refractivity contribution in [1.82, 2.24) is 9.55 Å². The zero-order valence-electron chi connectivity index (χ0n) is 14.9. The number of hydrogen-bond acceptors (Lipinski definition) is 4. The number of halogens is 1. The van der Waals surface area contributed by atoms with Crippen LogP contribution >= 0.6 is 0 Å². The lowest BCUT2D eigenvalue weighted by Gasteiger charge is -2.16. The van der Waals surface area contributed by atoms with E-state index in [4.69, 9.17) is 9.72 Å². The van der Waals surface area contributed by atoms with E-state index in [1.807, 2.05) is 19.3 Å². The standard InChI is InChI=1S/C20H21FN4O/c1-25-12-16(13-7-9-22-10-8-13)15-4-6-19(24-20(15)25)23-14-3-5-18(26-2)17(21)11-14/h3-6,9,11-13H,7-8,10H2,1-2H3,(H,23,24). The van der Waals surface area contributed by atoms with Crippen LogP contribution in [0.3, 0.4) is 0 Å². The Kier molecular flexibility index (Phi) is 4.32. The number of fused-ring (bicyclic) bond motifs is 1. The third-order valence-electron chi connectivity index (χ3n) is 4.84. The van der Waals surface area contributed by atoms with E-state index in [0.717, 1.165) is 25.0 Å². The third-order valence-corrected chi connectivity index (χ3v) is 4.84. The molecule has 2 aromatic heterocycles. The summed E-state index contributed by atoms with van der Waals surface area (Å²) in [6.07, 6.45) is 6.23. The number of anilines is 2. The molecule has 0 fully saturated rings. The van der Waals surface area contributed by atoms with Crippen LogP contribution in [0.1, 0.15) is 24.3 Å². The quantitative estimate of drug-likeness (QED) is 0.756. The van der Waals surface area contributed by atoms with Gasteiger partial charge in [0.25, 0.3) is 0 Å². The maximum Gasteiger partial charge on any atom is 0.167 e. The Morgan fingerprint density at radius 3 is 2.88 bits per heavy atom. The van der Waals surface area contributed by atoms with Gasteiger partial charge in [0.05, 0.1) is 7.11 Å². The minimum Gasteiger partial charge on any atom is -0.494 e. The molecule has 1 aromatic carbocycles. The smallest absolute Gasteiger partial charge is 0.167 e. The molecular weight excluding hydrogens is 331 g/mol. The molecule has 4 rings (SSSR count). The van der Waals surface area contributed by atoms with Crippen molar-refractivity contribution in [2.24, 2.45) is 12.0 Å². The molecule has 26 heavy (non-hydrogen) atoms. The second-order valence-electron chi connectivity index (χ2n) is 6.55. The first-order chi connectivity index (χ1) is 12.7. The van der Waals surface area contributed by atoms with Crippen molar-refractivity contribution < 1.29 is 9.13 Å². The number of rotatable bonds is 4. The first-order valence-electron chi connectivity index (χ1n) is 8.70. The highest BCUT2D eigenvalue weighted by Crippen LogP contribution is 2.33. The first-order valence-corrected chi connectivity index (χ1v) is 8.70. The molecule has 0 amide bonds. The van der Waals surface area contributed by atoms with Gasteiger partial charge in [-0.05, 0) is 54.8 Å². The fraction of sp³-hybridized carbons (Fsp3) is 0.300. The van der Waals surface area contributed by atoms with Gasteiger partial charge >= 0.3 is 0 Å². The number of aromatic nitrogens is 2. The van der Waals surface area contributed by atoms with E-state index in [-0.39, 0.29) is 5.75 Å². The fourth-order valence-corrected chi connectivity index (χ4v) is 3.49. The Labute approximate surface area is 151 Å². The molecule has 3 aromatic rings. The summed E-state index contributed by atoms with van der Waals surface area (Å²) >= 11 is 0. The molecule has 1 aliphatic heterocycles. The summed E-state index contributed by atoms with van der Waals surface area (Å²) in [5.74, 6) is 0.994. The lowest BCUT2D eigenvalue weighted by molar-refractivity contribution is 0.386. The SMILES string of the molecule is COc1ccc(Nc2ccc3c(C4CC=NCC4)cn(C)c3n2)cc1F. The summed E-state index contributed by atoms with van der Waals surface area (Å²) in [5.41, 5.74) is 2.87. The van der Waals surface area contributed by atoms with Gasteiger partial charge in [-0.25, -0.2) is 9.37 Å². The van der Waals surface area contributed by atoms with E-state index >= 15 is 0 Å². The van der Waals surface area contributed by atoms with Crippen molar-refractivity contribution in [3.05, 3.63) is 47.9 Å². The van der Waals surface area contributed by atoms with Crippen molar-refractivity contribution in [1.29, 1.82) is 0 Å². The molecule has 5 nitrogen and oxygen atoms in total. The monoisotopic (exact) mass is 352 g/mol. The topological polar surface area (TPSA) is 51.4 Å². The summed E-state index contributed by atoms with van der Waals surface area (Å²) in [6, 6.07) is 8.80. The first kappa shape index (κ1) is 16.6. The lowest BCUT2D eigenvalue weighted by atomic mass is 9.92. The number of aliphatic imine (C=N–C) groups is 1. The Balaban J connectivity index is 1.64. The highest BCUT2D eigenvalue weighted by molar-refractivity contribution is 5.84. The number of hydrogen-bond donors (Lipinski definition) is 1. The predicted octanol–water partition coefficient (Wildman–Crippen LogP) is 4.41. The summed E-state index contributed by atoms with van der Waals surface area (Å²) in [4.78, 5) is 9.05. The molecule has 0 saturated carbocycles. The van der Waals surface area contributed by atoms with Crippen molar-refractivity contribution in [2.45, 2.75) is 18.8 Å². The predicted molar refractivity (Wildman–Crippen MR) is 102 cm³/mol. The van der Waals surface area contributed by atoms with Crippen LogP contribution in [0, 0.1) is 5.82 Å². The second kappa shape index (κ2) is 6.78. The Morgan fingerprint density at radius 2 is 2.15 bits per heavy atom. The Hall–Kier alpha value is -2.89. The fourth-order valence-electron chi connectivity index (χ4n) is 3.49. The maximum atomic E-state index is 13.9. The molecule has 134 valence electrons. The average Bonchev–Trinajstić information content (AvgIpc) is 2.99. The molecule has 1 unspecified atom stereocenters. The zero-order valence-corrected chi connectivity index (χ0v) is 14.9. The molecule has 0 saturated heterocycles. The van der Waals surface area contributed by atoms with Gasteiger partial charge in [-0.2, -0.15) is 0 Å². The van der Waals surface area contributed by atoms with Gasteiger partial charge in [0.2, 0.25) is 0 Å². The molecular formula is C20H21FN4O. The van der Waals surface area contributed by atoms with Crippen molar-refractivity contribution >= 4 is 28.8 Å². The number of pyridine rings is 1. The number of nitrogens with zero attached hydrogens (tertiary/aromatic N) is 3. The van der Waals surface area contributed by atoms with Gasteiger partial charge in [0.1, 0.15) is 11.5 Å². The van der Waals surface area contributed by atoms with Crippen LogP contribution in [0.4, 0.5) is 15.9 Å². The van der Waals surface area contributed by atoms with Gasteiger partial charge < -0.3 is 14.6 Å². The van der Waals surface area contributed by atoms with E-state index in [9.17, 15) is 4.39 Å². The van der Waals surface area contributed by atoms with Crippen molar-refractivity contribution in [3.63, 3.8) is 0 Å². The number of benzene rings is 1. The van der Waals surface area contributed by atoms with E-state index in [2.05, 4.69) is 27.1 Å². The molecule has 0 radical (unpaired) electrons. The minimum atomic E-state index is -0.404. The van der Waals surface area contributed by atoms with Crippen LogP contribution in [-0.4, -0.2) is 29.4 Å². The molecule has 0 aliphatic carbocycles. The third kappa shape index (κ3) is 3.03. The molecule has 6 heteroatoms.